The number of amides is 1. The Morgan fingerprint density at radius 2 is 1.69 bits per heavy atom. The van der Waals surface area contributed by atoms with E-state index in [2.05, 4.69) is 4.90 Å². The summed E-state index contributed by atoms with van der Waals surface area (Å²) in [6.45, 7) is 3.72. The SMILES string of the molecule is COc1ccc(C(=O)N2CCN(Cc3ccc4c(c3)OCO4)CC2)cc1CN(C)S(=O)(=O)c1ccc(Cl)cc1. The summed E-state index contributed by atoms with van der Waals surface area (Å²) in [4.78, 5) is 17.6. The van der Waals surface area contributed by atoms with Gasteiger partial charge in [-0.1, -0.05) is 17.7 Å². The van der Waals surface area contributed by atoms with Crippen molar-refractivity contribution < 1.29 is 27.4 Å². The molecule has 2 aliphatic heterocycles. The van der Waals surface area contributed by atoms with Crippen molar-refractivity contribution in [1.29, 1.82) is 0 Å². The van der Waals surface area contributed by atoms with Gasteiger partial charge in [-0.05, 0) is 60.2 Å². The molecular formula is C28H30ClN3O6S. The maximum absolute atomic E-state index is 13.4. The van der Waals surface area contributed by atoms with Gasteiger partial charge in [-0.15, -0.1) is 0 Å². The van der Waals surface area contributed by atoms with Crippen LogP contribution in [0.5, 0.6) is 17.2 Å². The molecule has 5 rings (SSSR count). The van der Waals surface area contributed by atoms with E-state index in [1.54, 1.807) is 18.2 Å². The number of halogens is 1. The Kier molecular flexibility index (Phi) is 7.99. The highest BCUT2D eigenvalue weighted by Crippen LogP contribution is 2.33. The minimum Gasteiger partial charge on any atom is -0.496 e. The topological polar surface area (TPSA) is 88.6 Å². The summed E-state index contributed by atoms with van der Waals surface area (Å²) in [5, 5.41) is 0.457. The molecule has 0 aromatic heterocycles. The normalized spacial score (nSPS) is 15.5. The Hall–Kier alpha value is -3.31. The van der Waals surface area contributed by atoms with E-state index in [1.165, 1.54) is 42.7 Å². The number of rotatable bonds is 8. The van der Waals surface area contributed by atoms with Gasteiger partial charge in [0.05, 0.1) is 12.0 Å². The summed E-state index contributed by atoms with van der Waals surface area (Å²) < 4.78 is 43.7. The number of carbonyl (C=O) groups is 1. The summed E-state index contributed by atoms with van der Waals surface area (Å²) in [7, 11) is -0.746. The fourth-order valence-corrected chi connectivity index (χ4v) is 6.01. The summed E-state index contributed by atoms with van der Waals surface area (Å²) in [5.74, 6) is 1.95. The highest BCUT2D eigenvalue weighted by molar-refractivity contribution is 7.89. The van der Waals surface area contributed by atoms with Crippen LogP contribution in [-0.4, -0.2) is 75.6 Å². The summed E-state index contributed by atoms with van der Waals surface area (Å²) in [6, 6.07) is 17.1. The first-order valence-corrected chi connectivity index (χ1v) is 14.4. The molecule has 3 aromatic carbocycles. The van der Waals surface area contributed by atoms with Crippen molar-refractivity contribution in [2.75, 3.05) is 47.1 Å². The zero-order valence-electron chi connectivity index (χ0n) is 21.8. The number of fused-ring (bicyclic) bond motifs is 1. The predicted molar refractivity (Wildman–Crippen MR) is 147 cm³/mol. The fourth-order valence-electron chi connectivity index (χ4n) is 4.74. The van der Waals surface area contributed by atoms with Crippen LogP contribution in [-0.2, 0) is 23.1 Å². The number of methoxy groups -OCH3 is 1. The van der Waals surface area contributed by atoms with Crippen LogP contribution in [0, 0.1) is 0 Å². The van der Waals surface area contributed by atoms with Crippen LogP contribution in [0.15, 0.2) is 65.6 Å². The molecule has 3 aromatic rings. The first-order chi connectivity index (χ1) is 18.7. The minimum atomic E-state index is -3.76. The summed E-state index contributed by atoms with van der Waals surface area (Å²) in [5.41, 5.74) is 2.23. The molecule has 1 amide bonds. The number of hydrogen-bond acceptors (Lipinski definition) is 7. The third-order valence-electron chi connectivity index (χ3n) is 6.94. The van der Waals surface area contributed by atoms with E-state index in [0.29, 0.717) is 35.0 Å². The smallest absolute Gasteiger partial charge is 0.253 e. The third-order valence-corrected chi connectivity index (χ3v) is 9.01. The summed E-state index contributed by atoms with van der Waals surface area (Å²) >= 11 is 5.91. The zero-order valence-corrected chi connectivity index (χ0v) is 23.4. The van der Waals surface area contributed by atoms with Crippen LogP contribution in [0.1, 0.15) is 21.5 Å². The molecule has 206 valence electrons. The van der Waals surface area contributed by atoms with Crippen LogP contribution in [0.4, 0.5) is 0 Å². The molecule has 11 heteroatoms. The van der Waals surface area contributed by atoms with Crippen LogP contribution >= 0.6 is 11.6 Å². The lowest BCUT2D eigenvalue weighted by molar-refractivity contribution is 0.0628. The quantitative estimate of drug-likeness (QED) is 0.406. The number of hydrogen-bond donors (Lipinski definition) is 0. The van der Waals surface area contributed by atoms with E-state index in [1.807, 2.05) is 23.1 Å². The molecule has 39 heavy (non-hydrogen) atoms. The van der Waals surface area contributed by atoms with Crippen molar-refractivity contribution in [3.8, 4) is 17.2 Å². The number of nitrogens with zero attached hydrogens (tertiary/aromatic N) is 3. The van der Waals surface area contributed by atoms with Crippen molar-refractivity contribution in [1.82, 2.24) is 14.1 Å². The lowest BCUT2D eigenvalue weighted by Crippen LogP contribution is -2.48. The van der Waals surface area contributed by atoms with E-state index in [4.69, 9.17) is 25.8 Å². The van der Waals surface area contributed by atoms with Crippen LogP contribution in [0.2, 0.25) is 5.02 Å². The second-order valence-electron chi connectivity index (χ2n) is 9.50. The van der Waals surface area contributed by atoms with Gasteiger partial charge in [0.1, 0.15) is 5.75 Å². The largest absolute Gasteiger partial charge is 0.496 e. The molecule has 0 spiro atoms. The maximum Gasteiger partial charge on any atom is 0.253 e. The van der Waals surface area contributed by atoms with Crippen molar-refractivity contribution in [2.45, 2.75) is 18.0 Å². The number of carbonyl (C=O) groups excluding carboxylic acids is 1. The van der Waals surface area contributed by atoms with Crippen molar-refractivity contribution in [3.05, 3.63) is 82.4 Å². The molecule has 0 aliphatic carbocycles. The van der Waals surface area contributed by atoms with Gasteiger partial charge in [0.25, 0.3) is 5.91 Å². The number of benzene rings is 3. The molecule has 2 heterocycles. The summed E-state index contributed by atoms with van der Waals surface area (Å²) in [6.07, 6.45) is 0. The number of piperazine rings is 1. The molecule has 0 radical (unpaired) electrons. The Bertz CT molecular complexity index is 1460. The van der Waals surface area contributed by atoms with Crippen LogP contribution in [0.25, 0.3) is 0 Å². The van der Waals surface area contributed by atoms with Gasteiger partial charge in [-0.3, -0.25) is 9.69 Å². The average Bonchev–Trinajstić information content (AvgIpc) is 3.41. The molecule has 2 aliphatic rings. The fraction of sp³-hybridized carbons (Fsp3) is 0.321. The molecule has 1 saturated heterocycles. The molecule has 0 unspecified atom stereocenters. The average molecular weight is 572 g/mol. The van der Waals surface area contributed by atoms with Gasteiger partial charge >= 0.3 is 0 Å². The van der Waals surface area contributed by atoms with Gasteiger partial charge in [0.2, 0.25) is 16.8 Å². The Balaban J connectivity index is 1.23. The lowest BCUT2D eigenvalue weighted by atomic mass is 10.1. The predicted octanol–water partition coefficient (Wildman–Crippen LogP) is 3.86. The highest BCUT2D eigenvalue weighted by atomic mass is 35.5. The van der Waals surface area contributed by atoms with E-state index in [0.717, 1.165) is 36.7 Å². The maximum atomic E-state index is 13.4. The molecule has 0 bridgehead atoms. The second-order valence-corrected chi connectivity index (χ2v) is 12.0. The minimum absolute atomic E-state index is 0.0402. The second kappa shape index (κ2) is 11.4. The number of sulfonamides is 1. The molecule has 9 nitrogen and oxygen atoms in total. The third kappa shape index (κ3) is 5.99. The molecule has 0 saturated carbocycles. The molecule has 0 atom stereocenters. The van der Waals surface area contributed by atoms with E-state index < -0.39 is 10.0 Å². The first kappa shape index (κ1) is 27.3. The van der Waals surface area contributed by atoms with Gasteiger partial charge < -0.3 is 19.1 Å². The van der Waals surface area contributed by atoms with Gasteiger partial charge in [-0.25, -0.2) is 8.42 Å². The van der Waals surface area contributed by atoms with E-state index in [-0.39, 0.29) is 24.1 Å². The van der Waals surface area contributed by atoms with Gasteiger partial charge in [-0.2, -0.15) is 4.31 Å². The highest BCUT2D eigenvalue weighted by Gasteiger charge is 2.26. The van der Waals surface area contributed by atoms with Crippen molar-refractivity contribution in [3.63, 3.8) is 0 Å². The van der Waals surface area contributed by atoms with Crippen LogP contribution in [0.3, 0.4) is 0 Å². The van der Waals surface area contributed by atoms with Crippen molar-refractivity contribution in [2.24, 2.45) is 0 Å². The first-order valence-electron chi connectivity index (χ1n) is 12.5. The lowest BCUT2D eigenvalue weighted by Gasteiger charge is -2.35. The number of ether oxygens (including phenoxy) is 3. The van der Waals surface area contributed by atoms with E-state index >= 15 is 0 Å². The Morgan fingerprint density at radius 1 is 0.974 bits per heavy atom. The Morgan fingerprint density at radius 3 is 2.41 bits per heavy atom. The standard InChI is InChI=1S/C28H30ClN3O6S/c1-30(39(34,35)24-7-5-23(29)6-8-24)18-22-16-21(4-10-25(22)36-2)28(33)32-13-11-31(12-14-32)17-20-3-9-26-27(15-20)38-19-37-26/h3-10,15-16H,11-14,17-19H2,1-2H3. The van der Waals surface area contributed by atoms with Crippen LogP contribution < -0.4 is 14.2 Å². The van der Waals surface area contributed by atoms with Crippen molar-refractivity contribution >= 4 is 27.5 Å². The molecular weight excluding hydrogens is 542 g/mol. The van der Waals surface area contributed by atoms with Gasteiger partial charge in [0.15, 0.2) is 11.5 Å². The van der Waals surface area contributed by atoms with E-state index in [9.17, 15) is 13.2 Å². The molecule has 0 N–H and O–H groups in total. The van der Waals surface area contributed by atoms with Gasteiger partial charge in [0, 0.05) is 62.5 Å². The zero-order chi connectivity index (χ0) is 27.6. The molecule has 1 fully saturated rings. The Labute approximate surface area is 233 Å². The monoisotopic (exact) mass is 571 g/mol.